The third-order valence-corrected chi connectivity index (χ3v) is 4.38. The van der Waals surface area contributed by atoms with Crippen molar-refractivity contribution in [2.45, 2.75) is 40.0 Å². The average molecular weight is 311 g/mol. The molecule has 2 rings (SSSR count). The van der Waals surface area contributed by atoms with E-state index in [1.54, 1.807) is 0 Å². The minimum Gasteiger partial charge on any atom is -0.355 e. The Labute approximate surface area is 134 Å². The van der Waals surface area contributed by atoms with Gasteiger partial charge in [0, 0.05) is 6.54 Å². The molecule has 1 aromatic carbocycles. The Hall–Kier alpha value is -1.06. The lowest BCUT2D eigenvalue weighted by Crippen LogP contribution is -2.43. The van der Waals surface area contributed by atoms with Crippen LogP contribution >= 0.6 is 12.4 Å². The number of carbonyl (C=O) groups is 1. The number of rotatable bonds is 4. The highest BCUT2D eigenvalue weighted by atomic mass is 35.5. The van der Waals surface area contributed by atoms with E-state index in [1.807, 2.05) is 0 Å². The zero-order valence-corrected chi connectivity index (χ0v) is 14.1. The summed E-state index contributed by atoms with van der Waals surface area (Å²) in [5.41, 5.74) is 3.79. The van der Waals surface area contributed by atoms with Crippen LogP contribution in [0.5, 0.6) is 0 Å². The number of halogens is 1. The molecule has 0 bridgehead atoms. The van der Waals surface area contributed by atoms with Crippen molar-refractivity contribution in [3.63, 3.8) is 0 Å². The summed E-state index contributed by atoms with van der Waals surface area (Å²) >= 11 is 0. The van der Waals surface area contributed by atoms with Gasteiger partial charge >= 0.3 is 0 Å². The summed E-state index contributed by atoms with van der Waals surface area (Å²) in [5, 5.41) is 6.49. The van der Waals surface area contributed by atoms with Gasteiger partial charge in [-0.3, -0.25) is 4.79 Å². The molecule has 118 valence electrons. The van der Waals surface area contributed by atoms with Gasteiger partial charge in [-0.15, -0.1) is 12.4 Å². The van der Waals surface area contributed by atoms with Crippen LogP contribution in [0.15, 0.2) is 18.2 Å². The normalized spacial score (nSPS) is 16.9. The molecule has 0 unspecified atom stereocenters. The summed E-state index contributed by atoms with van der Waals surface area (Å²) < 4.78 is 0. The van der Waals surface area contributed by atoms with E-state index in [0.717, 1.165) is 38.0 Å². The number of benzene rings is 1. The van der Waals surface area contributed by atoms with Crippen molar-refractivity contribution in [1.29, 1.82) is 0 Å². The van der Waals surface area contributed by atoms with Crippen molar-refractivity contribution in [3.05, 3.63) is 34.9 Å². The Bertz CT molecular complexity index is 482. The van der Waals surface area contributed by atoms with E-state index in [2.05, 4.69) is 49.6 Å². The number of hydrogen-bond acceptors (Lipinski definition) is 2. The van der Waals surface area contributed by atoms with Crippen molar-refractivity contribution in [2.24, 2.45) is 5.41 Å². The van der Waals surface area contributed by atoms with Crippen molar-refractivity contribution in [2.75, 3.05) is 19.6 Å². The van der Waals surface area contributed by atoms with Gasteiger partial charge in [-0.25, -0.2) is 0 Å². The summed E-state index contributed by atoms with van der Waals surface area (Å²) in [7, 11) is 0. The molecule has 21 heavy (non-hydrogen) atoms. The largest absolute Gasteiger partial charge is 0.355 e. The second-order valence-electron chi connectivity index (χ2n) is 6.44. The molecule has 1 aliphatic heterocycles. The van der Waals surface area contributed by atoms with Crippen LogP contribution in [0.1, 0.15) is 36.5 Å². The Morgan fingerprint density at radius 3 is 2.62 bits per heavy atom. The smallest absolute Gasteiger partial charge is 0.224 e. The van der Waals surface area contributed by atoms with Crippen molar-refractivity contribution in [1.82, 2.24) is 10.6 Å². The Morgan fingerprint density at radius 1 is 1.29 bits per heavy atom. The first-order valence-electron chi connectivity index (χ1n) is 7.52. The van der Waals surface area contributed by atoms with Gasteiger partial charge in [-0.05, 0) is 56.3 Å². The molecule has 0 aromatic heterocycles. The number of piperidine rings is 1. The van der Waals surface area contributed by atoms with Crippen molar-refractivity contribution >= 4 is 18.3 Å². The highest BCUT2D eigenvalue weighted by molar-refractivity contribution is 5.85. The highest BCUT2D eigenvalue weighted by Gasteiger charge is 2.26. The van der Waals surface area contributed by atoms with Gasteiger partial charge in [0.2, 0.25) is 5.91 Å². The van der Waals surface area contributed by atoms with Crippen LogP contribution in [0.2, 0.25) is 0 Å². The van der Waals surface area contributed by atoms with E-state index >= 15 is 0 Å². The summed E-state index contributed by atoms with van der Waals surface area (Å²) in [4.78, 5) is 12.1. The monoisotopic (exact) mass is 310 g/mol. The van der Waals surface area contributed by atoms with Crippen LogP contribution in [0.3, 0.4) is 0 Å². The van der Waals surface area contributed by atoms with E-state index in [1.165, 1.54) is 11.1 Å². The highest BCUT2D eigenvalue weighted by Crippen LogP contribution is 2.26. The van der Waals surface area contributed by atoms with E-state index in [9.17, 15) is 4.79 Å². The topological polar surface area (TPSA) is 41.1 Å². The third-order valence-electron chi connectivity index (χ3n) is 4.38. The van der Waals surface area contributed by atoms with Gasteiger partial charge in [0.1, 0.15) is 0 Å². The van der Waals surface area contributed by atoms with Gasteiger partial charge in [-0.2, -0.15) is 0 Å². The van der Waals surface area contributed by atoms with Crippen LogP contribution < -0.4 is 10.6 Å². The molecule has 0 saturated carbocycles. The molecule has 0 spiro atoms. The van der Waals surface area contributed by atoms with E-state index in [-0.39, 0.29) is 23.7 Å². The van der Waals surface area contributed by atoms with Crippen LogP contribution in [0.4, 0.5) is 0 Å². The molecule has 1 aromatic rings. The molecular weight excluding hydrogens is 284 g/mol. The fourth-order valence-corrected chi connectivity index (χ4v) is 2.75. The molecule has 1 heterocycles. The quantitative estimate of drug-likeness (QED) is 0.898. The average Bonchev–Trinajstić information content (AvgIpc) is 2.42. The van der Waals surface area contributed by atoms with Crippen LogP contribution in [-0.2, 0) is 11.2 Å². The molecule has 0 radical (unpaired) electrons. The standard InChI is InChI=1S/C17H26N2O.ClH/c1-13-4-5-14(2)15(10-13)11-16(20)19-12-17(3)6-8-18-9-7-17;/h4-5,10,18H,6-9,11-12H2,1-3H3,(H,19,20);1H. The molecule has 3 nitrogen and oxygen atoms in total. The zero-order valence-electron chi connectivity index (χ0n) is 13.3. The fourth-order valence-electron chi connectivity index (χ4n) is 2.75. The summed E-state index contributed by atoms with van der Waals surface area (Å²) in [6.45, 7) is 9.31. The molecule has 4 heteroatoms. The van der Waals surface area contributed by atoms with Crippen molar-refractivity contribution in [3.8, 4) is 0 Å². The first-order chi connectivity index (χ1) is 9.48. The number of hydrogen-bond donors (Lipinski definition) is 2. The van der Waals surface area contributed by atoms with Gasteiger partial charge in [-0.1, -0.05) is 30.7 Å². The maximum atomic E-state index is 12.1. The lowest BCUT2D eigenvalue weighted by molar-refractivity contribution is -0.121. The summed E-state index contributed by atoms with van der Waals surface area (Å²) in [6.07, 6.45) is 2.76. The van der Waals surface area contributed by atoms with Crippen molar-refractivity contribution < 1.29 is 4.79 Å². The lowest BCUT2D eigenvalue weighted by Gasteiger charge is -2.34. The number of nitrogens with one attached hydrogen (secondary N) is 2. The molecule has 0 aliphatic carbocycles. The molecule has 1 amide bonds. The second-order valence-corrected chi connectivity index (χ2v) is 6.44. The minimum atomic E-state index is 0. The Kier molecular flexibility index (Phi) is 6.69. The minimum absolute atomic E-state index is 0. The second kappa shape index (κ2) is 7.81. The number of aryl methyl sites for hydroxylation is 2. The summed E-state index contributed by atoms with van der Waals surface area (Å²) in [5.74, 6) is 0.137. The maximum absolute atomic E-state index is 12.1. The maximum Gasteiger partial charge on any atom is 0.224 e. The fraction of sp³-hybridized carbons (Fsp3) is 0.588. The van der Waals surface area contributed by atoms with Gasteiger partial charge in [0.25, 0.3) is 0 Å². The predicted octanol–water partition coefficient (Wildman–Crippen LogP) is 2.77. The SMILES string of the molecule is Cc1ccc(C)c(CC(=O)NCC2(C)CCNCC2)c1.Cl. The molecule has 2 N–H and O–H groups in total. The van der Waals surface area contributed by atoms with Gasteiger partial charge in [0.05, 0.1) is 6.42 Å². The lowest BCUT2D eigenvalue weighted by atomic mass is 9.81. The zero-order chi connectivity index (χ0) is 14.6. The molecule has 1 fully saturated rings. The van der Waals surface area contributed by atoms with Crippen LogP contribution in [0, 0.1) is 19.3 Å². The van der Waals surface area contributed by atoms with Gasteiger partial charge < -0.3 is 10.6 Å². The predicted molar refractivity (Wildman–Crippen MR) is 90.1 cm³/mol. The summed E-state index contributed by atoms with van der Waals surface area (Å²) in [6, 6.07) is 6.29. The first kappa shape index (κ1) is 18.0. The number of carbonyl (C=O) groups excluding carboxylic acids is 1. The number of amides is 1. The van der Waals surface area contributed by atoms with Crippen LogP contribution in [-0.4, -0.2) is 25.5 Å². The Morgan fingerprint density at radius 2 is 1.95 bits per heavy atom. The first-order valence-corrected chi connectivity index (χ1v) is 7.52. The molecule has 1 saturated heterocycles. The van der Waals surface area contributed by atoms with Gasteiger partial charge in [0.15, 0.2) is 0 Å². The Balaban J connectivity index is 0.00000220. The molecule has 1 aliphatic rings. The third kappa shape index (κ3) is 5.33. The van der Waals surface area contributed by atoms with E-state index in [4.69, 9.17) is 0 Å². The molecular formula is C17H27ClN2O. The van der Waals surface area contributed by atoms with Crippen LogP contribution in [0.25, 0.3) is 0 Å². The van der Waals surface area contributed by atoms with E-state index < -0.39 is 0 Å². The molecule has 0 atom stereocenters. The van der Waals surface area contributed by atoms with E-state index in [0.29, 0.717) is 6.42 Å².